The molecule has 1 heterocycles. The minimum Gasteiger partial charge on any atom is -0.497 e. The van der Waals surface area contributed by atoms with Gasteiger partial charge in [0.2, 0.25) is 0 Å². The predicted molar refractivity (Wildman–Crippen MR) is 134 cm³/mol. The summed E-state index contributed by atoms with van der Waals surface area (Å²) in [5.74, 6) is 1.51. The molecule has 11 heteroatoms. The molecule has 0 saturated carbocycles. The van der Waals surface area contributed by atoms with Crippen molar-refractivity contribution in [2.24, 2.45) is 0 Å². The van der Waals surface area contributed by atoms with E-state index in [1.165, 1.54) is 21.3 Å². The molecule has 1 aromatic heterocycles. The fraction of sp³-hybridized carbons (Fsp3) is 0.208. The van der Waals surface area contributed by atoms with Gasteiger partial charge in [-0.15, -0.1) is 0 Å². The van der Waals surface area contributed by atoms with Gasteiger partial charge in [-0.3, -0.25) is 0 Å². The molecule has 0 spiro atoms. The second kappa shape index (κ2) is 10.0. The van der Waals surface area contributed by atoms with Gasteiger partial charge in [0.05, 0.1) is 44.8 Å². The van der Waals surface area contributed by atoms with Crippen molar-refractivity contribution in [3.63, 3.8) is 0 Å². The predicted octanol–water partition coefficient (Wildman–Crippen LogP) is 5.02. The SMILES string of the molecule is COc1ccc(CN(c2noc3cc(Br)c(OC)cc23)S(=O)(=O)c2c(OC)cccc2OC)cc1. The number of halogens is 1. The normalized spacial score (nSPS) is 11.3. The molecule has 0 bridgehead atoms. The molecule has 0 N–H and O–H groups in total. The average Bonchev–Trinajstić information content (AvgIpc) is 3.28. The average molecular weight is 563 g/mol. The zero-order valence-corrected chi connectivity index (χ0v) is 21.8. The Morgan fingerprint density at radius 3 is 2.09 bits per heavy atom. The van der Waals surface area contributed by atoms with Gasteiger partial charge in [-0.25, -0.2) is 12.7 Å². The van der Waals surface area contributed by atoms with Crippen LogP contribution in [0.1, 0.15) is 5.56 Å². The Balaban J connectivity index is 1.95. The first-order valence-electron chi connectivity index (χ1n) is 10.3. The molecule has 0 unspecified atom stereocenters. The van der Waals surface area contributed by atoms with Gasteiger partial charge in [-0.1, -0.05) is 23.4 Å². The fourth-order valence-electron chi connectivity index (χ4n) is 3.62. The van der Waals surface area contributed by atoms with E-state index in [-0.39, 0.29) is 28.8 Å². The Bertz CT molecular complexity index is 1430. The number of hydrogen-bond donors (Lipinski definition) is 0. The number of anilines is 1. The minimum absolute atomic E-state index is 0.0481. The zero-order chi connectivity index (χ0) is 25.2. The number of nitrogens with zero attached hydrogens (tertiary/aromatic N) is 2. The van der Waals surface area contributed by atoms with Gasteiger partial charge in [0.25, 0.3) is 10.0 Å². The second-order valence-corrected chi connectivity index (χ2v) is 9.99. The summed E-state index contributed by atoms with van der Waals surface area (Å²) >= 11 is 3.42. The highest BCUT2D eigenvalue weighted by atomic mass is 79.9. The van der Waals surface area contributed by atoms with Crippen molar-refractivity contribution in [3.05, 3.63) is 64.6 Å². The monoisotopic (exact) mass is 562 g/mol. The maximum atomic E-state index is 14.2. The molecule has 4 aromatic rings. The molecule has 4 rings (SSSR count). The summed E-state index contributed by atoms with van der Waals surface area (Å²) in [6, 6.07) is 15.2. The van der Waals surface area contributed by atoms with E-state index in [0.29, 0.717) is 32.5 Å². The number of methoxy groups -OCH3 is 4. The van der Waals surface area contributed by atoms with Crippen LogP contribution in [0.15, 0.2) is 68.5 Å². The number of sulfonamides is 1. The highest BCUT2D eigenvalue weighted by Crippen LogP contribution is 2.41. The summed E-state index contributed by atoms with van der Waals surface area (Å²) in [7, 11) is 1.61. The van der Waals surface area contributed by atoms with Crippen LogP contribution in [0.4, 0.5) is 5.82 Å². The van der Waals surface area contributed by atoms with E-state index >= 15 is 0 Å². The van der Waals surface area contributed by atoms with Crippen molar-refractivity contribution in [1.29, 1.82) is 0 Å². The van der Waals surface area contributed by atoms with Crippen LogP contribution >= 0.6 is 15.9 Å². The van der Waals surface area contributed by atoms with E-state index < -0.39 is 10.0 Å². The van der Waals surface area contributed by atoms with Crippen LogP contribution in [0.3, 0.4) is 0 Å². The lowest BCUT2D eigenvalue weighted by Crippen LogP contribution is -2.31. The Morgan fingerprint density at radius 1 is 0.886 bits per heavy atom. The summed E-state index contributed by atoms with van der Waals surface area (Å²) in [6.07, 6.45) is 0. The smallest absolute Gasteiger partial charge is 0.273 e. The molecule has 0 fully saturated rings. The van der Waals surface area contributed by atoms with Gasteiger partial charge in [0.1, 0.15) is 23.0 Å². The molecule has 184 valence electrons. The Hall–Kier alpha value is -3.44. The lowest BCUT2D eigenvalue weighted by atomic mass is 10.2. The van der Waals surface area contributed by atoms with Gasteiger partial charge < -0.3 is 23.5 Å². The summed E-state index contributed by atoms with van der Waals surface area (Å²) in [6.45, 7) is -0.0481. The van der Waals surface area contributed by atoms with Gasteiger partial charge in [-0.2, -0.15) is 0 Å². The zero-order valence-electron chi connectivity index (χ0n) is 19.4. The first kappa shape index (κ1) is 24.7. The summed E-state index contributed by atoms with van der Waals surface area (Å²) in [5, 5.41) is 4.59. The number of rotatable bonds is 9. The molecule has 9 nitrogen and oxygen atoms in total. The molecule has 0 aliphatic rings. The molecule has 0 aliphatic heterocycles. The number of aromatic nitrogens is 1. The number of ether oxygens (including phenoxy) is 4. The molecule has 0 amide bonds. The van der Waals surface area contributed by atoms with E-state index in [0.717, 1.165) is 4.31 Å². The van der Waals surface area contributed by atoms with Crippen LogP contribution in [0.25, 0.3) is 11.0 Å². The first-order valence-corrected chi connectivity index (χ1v) is 12.6. The van der Waals surface area contributed by atoms with Crippen molar-refractivity contribution < 1.29 is 31.9 Å². The topological polar surface area (TPSA) is 100 Å². The third-order valence-electron chi connectivity index (χ3n) is 5.38. The van der Waals surface area contributed by atoms with Crippen LogP contribution < -0.4 is 23.3 Å². The Kier molecular flexibility index (Phi) is 7.08. The minimum atomic E-state index is -4.27. The molecule has 3 aromatic carbocycles. The Morgan fingerprint density at radius 2 is 1.51 bits per heavy atom. The largest absolute Gasteiger partial charge is 0.497 e. The lowest BCUT2D eigenvalue weighted by Gasteiger charge is -2.24. The summed E-state index contributed by atoms with van der Waals surface area (Å²) < 4.78 is 57.1. The molecule has 0 radical (unpaired) electrons. The van der Waals surface area contributed by atoms with Crippen LogP contribution in [0, 0.1) is 0 Å². The summed E-state index contributed by atoms with van der Waals surface area (Å²) in [4.78, 5) is -0.126. The van der Waals surface area contributed by atoms with Crippen LogP contribution in [-0.4, -0.2) is 42.0 Å². The summed E-state index contributed by atoms with van der Waals surface area (Å²) in [5.41, 5.74) is 1.08. The maximum Gasteiger partial charge on any atom is 0.273 e. The van der Waals surface area contributed by atoms with E-state index in [1.807, 2.05) is 0 Å². The first-order chi connectivity index (χ1) is 16.8. The van der Waals surface area contributed by atoms with Crippen LogP contribution in [0.2, 0.25) is 0 Å². The molecule has 35 heavy (non-hydrogen) atoms. The van der Waals surface area contributed by atoms with Gasteiger partial charge in [0.15, 0.2) is 16.3 Å². The van der Waals surface area contributed by atoms with Gasteiger partial charge in [-0.05, 0) is 51.8 Å². The van der Waals surface area contributed by atoms with Crippen LogP contribution in [0.5, 0.6) is 23.0 Å². The second-order valence-electron chi connectivity index (χ2n) is 7.34. The van der Waals surface area contributed by atoms with Crippen molar-refractivity contribution >= 4 is 42.7 Å². The highest BCUT2D eigenvalue weighted by molar-refractivity contribution is 9.10. The van der Waals surface area contributed by atoms with Crippen molar-refractivity contribution in [2.75, 3.05) is 32.7 Å². The van der Waals surface area contributed by atoms with Gasteiger partial charge in [0, 0.05) is 6.07 Å². The van der Waals surface area contributed by atoms with E-state index in [1.54, 1.807) is 61.7 Å². The van der Waals surface area contributed by atoms with E-state index in [9.17, 15) is 8.42 Å². The standard InChI is InChI=1S/C24H23BrN2O7S/c1-30-16-10-8-15(9-11-16)14-27(24-17-12-22(33-4)18(25)13-21(17)34-26-24)35(28,29)23-19(31-2)6-5-7-20(23)32-3/h5-13H,14H2,1-4H3. The molecule has 0 atom stereocenters. The molecular formula is C24H23BrN2O7S. The molecule has 0 saturated heterocycles. The van der Waals surface area contributed by atoms with Crippen molar-refractivity contribution in [3.8, 4) is 23.0 Å². The molecule has 0 aliphatic carbocycles. The third-order valence-corrected chi connectivity index (χ3v) is 7.80. The van der Waals surface area contributed by atoms with Gasteiger partial charge >= 0.3 is 0 Å². The quantitative estimate of drug-likeness (QED) is 0.280. The molecular weight excluding hydrogens is 540 g/mol. The van der Waals surface area contributed by atoms with Crippen molar-refractivity contribution in [1.82, 2.24) is 5.16 Å². The number of benzene rings is 3. The maximum absolute atomic E-state index is 14.2. The number of fused-ring (bicyclic) bond motifs is 1. The Labute approximate surface area is 211 Å². The van der Waals surface area contributed by atoms with Crippen molar-refractivity contribution in [2.45, 2.75) is 11.4 Å². The van der Waals surface area contributed by atoms with E-state index in [4.69, 9.17) is 23.5 Å². The van der Waals surface area contributed by atoms with E-state index in [2.05, 4.69) is 21.1 Å². The fourth-order valence-corrected chi connectivity index (χ4v) is 5.81. The highest BCUT2D eigenvalue weighted by Gasteiger charge is 2.35. The van der Waals surface area contributed by atoms with Crippen LogP contribution in [-0.2, 0) is 16.6 Å². The third kappa shape index (κ3) is 4.61. The number of hydrogen-bond acceptors (Lipinski definition) is 8. The lowest BCUT2D eigenvalue weighted by molar-refractivity contribution is 0.373.